The Morgan fingerprint density at radius 2 is 1.80 bits per heavy atom. The first-order valence-electron chi connectivity index (χ1n) is 7.67. The Labute approximate surface area is 147 Å². The van der Waals surface area contributed by atoms with Crippen molar-refractivity contribution in [3.63, 3.8) is 0 Å². The monoisotopic (exact) mass is 369 g/mol. The zero-order chi connectivity index (χ0) is 18.0. The van der Waals surface area contributed by atoms with Crippen LogP contribution in [0.2, 0.25) is 5.02 Å². The number of amides is 1. The van der Waals surface area contributed by atoms with Crippen molar-refractivity contribution < 1.29 is 18.0 Å². The molecule has 0 atom stereocenters. The predicted molar refractivity (Wildman–Crippen MR) is 88.8 cm³/mol. The van der Waals surface area contributed by atoms with Crippen molar-refractivity contribution in [2.45, 2.75) is 6.18 Å². The number of alkyl halides is 3. The third kappa shape index (κ3) is 4.04. The van der Waals surface area contributed by atoms with Gasteiger partial charge < -0.3 is 9.80 Å². The van der Waals surface area contributed by atoms with Crippen molar-refractivity contribution >= 4 is 23.2 Å². The van der Waals surface area contributed by atoms with Gasteiger partial charge >= 0.3 is 6.18 Å². The lowest BCUT2D eigenvalue weighted by atomic mass is 10.2. The van der Waals surface area contributed by atoms with Crippen LogP contribution in [0.5, 0.6) is 0 Å². The molecule has 0 N–H and O–H groups in total. The molecule has 2 aromatic rings. The van der Waals surface area contributed by atoms with Gasteiger partial charge in [-0.15, -0.1) is 0 Å². The van der Waals surface area contributed by atoms with Gasteiger partial charge in [0.1, 0.15) is 5.69 Å². The van der Waals surface area contributed by atoms with Crippen molar-refractivity contribution in [3.05, 3.63) is 58.9 Å². The lowest BCUT2D eigenvalue weighted by Crippen LogP contribution is -2.48. The molecule has 4 nitrogen and oxygen atoms in total. The maximum atomic E-state index is 12.5. The maximum Gasteiger partial charge on any atom is 0.433 e. The number of hydrogen-bond acceptors (Lipinski definition) is 3. The Balaban J connectivity index is 1.63. The summed E-state index contributed by atoms with van der Waals surface area (Å²) >= 11 is 5.99. The summed E-state index contributed by atoms with van der Waals surface area (Å²) in [7, 11) is 0. The molecule has 1 aromatic heterocycles. The first kappa shape index (κ1) is 17.5. The number of nitrogens with zero attached hydrogens (tertiary/aromatic N) is 3. The number of halogens is 4. The average molecular weight is 370 g/mol. The smallest absolute Gasteiger partial charge is 0.368 e. The molecule has 0 aliphatic carbocycles. The van der Waals surface area contributed by atoms with Crippen LogP contribution < -0.4 is 4.90 Å². The molecule has 1 aliphatic rings. The van der Waals surface area contributed by atoms with E-state index in [1.807, 2.05) is 18.2 Å². The van der Waals surface area contributed by atoms with Gasteiger partial charge in [0, 0.05) is 43.1 Å². The molecule has 1 fully saturated rings. The quantitative estimate of drug-likeness (QED) is 0.809. The fourth-order valence-corrected chi connectivity index (χ4v) is 2.90. The summed E-state index contributed by atoms with van der Waals surface area (Å²) in [5.41, 5.74) is 0.134. The number of rotatable bonds is 2. The minimum atomic E-state index is -4.51. The molecule has 0 saturated carbocycles. The van der Waals surface area contributed by atoms with E-state index in [1.165, 1.54) is 6.07 Å². The summed E-state index contributed by atoms with van der Waals surface area (Å²) in [6.07, 6.45) is -3.53. The zero-order valence-corrected chi connectivity index (χ0v) is 13.9. The van der Waals surface area contributed by atoms with E-state index in [9.17, 15) is 18.0 Å². The van der Waals surface area contributed by atoms with Crippen molar-refractivity contribution in [1.82, 2.24) is 9.88 Å². The second-order valence-electron chi connectivity index (χ2n) is 5.69. The number of carbonyl (C=O) groups is 1. The first-order valence-corrected chi connectivity index (χ1v) is 8.05. The molecule has 1 amide bonds. The Hall–Kier alpha value is -2.28. The van der Waals surface area contributed by atoms with Gasteiger partial charge in [0.25, 0.3) is 5.91 Å². The molecule has 3 rings (SSSR count). The SMILES string of the molecule is O=C(c1ccc(C(F)(F)F)nc1)N1CCN(c2cccc(Cl)c2)CC1. The summed E-state index contributed by atoms with van der Waals surface area (Å²) < 4.78 is 37.6. The Morgan fingerprint density at radius 1 is 1.08 bits per heavy atom. The molecule has 132 valence electrons. The van der Waals surface area contributed by atoms with Crippen LogP contribution in [0.4, 0.5) is 18.9 Å². The summed E-state index contributed by atoms with van der Waals surface area (Å²) in [6, 6.07) is 9.46. The predicted octanol–water partition coefficient (Wildman–Crippen LogP) is 3.72. The number of piperazine rings is 1. The van der Waals surface area contributed by atoms with Crippen LogP contribution in [-0.2, 0) is 6.18 Å². The van der Waals surface area contributed by atoms with Crippen molar-refractivity contribution in [3.8, 4) is 0 Å². The molecule has 0 bridgehead atoms. The molecule has 1 saturated heterocycles. The van der Waals surface area contributed by atoms with E-state index >= 15 is 0 Å². The second kappa shape index (κ2) is 6.92. The molecule has 2 heterocycles. The Kier molecular flexibility index (Phi) is 4.85. The van der Waals surface area contributed by atoms with E-state index in [1.54, 1.807) is 11.0 Å². The van der Waals surface area contributed by atoms with Crippen LogP contribution in [0.1, 0.15) is 16.1 Å². The fourth-order valence-electron chi connectivity index (χ4n) is 2.71. The normalized spacial score (nSPS) is 15.4. The van der Waals surface area contributed by atoms with Gasteiger partial charge in [0.15, 0.2) is 0 Å². The highest BCUT2D eigenvalue weighted by Crippen LogP contribution is 2.27. The van der Waals surface area contributed by atoms with Gasteiger partial charge in [-0.05, 0) is 30.3 Å². The summed E-state index contributed by atoms with van der Waals surface area (Å²) in [5, 5.41) is 0.645. The van der Waals surface area contributed by atoms with Gasteiger partial charge in [-0.1, -0.05) is 17.7 Å². The van der Waals surface area contributed by atoms with Crippen LogP contribution in [0, 0.1) is 0 Å². The lowest BCUT2D eigenvalue weighted by Gasteiger charge is -2.36. The Morgan fingerprint density at radius 3 is 2.36 bits per heavy atom. The molecule has 0 spiro atoms. The lowest BCUT2D eigenvalue weighted by molar-refractivity contribution is -0.141. The van der Waals surface area contributed by atoms with Crippen LogP contribution in [0.25, 0.3) is 0 Å². The minimum Gasteiger partial charge on any atom is -0.368 e. The molecular formula is C17H15ClF3N3O. The molecule has 1 aliphatic heterocycles. The summed E-state index contributed by atoms with van der Waals surface area (Å²) in [6.45, 7) is 2.21. The second-order valence-corrected chi connectivity index (χ2v) is 6.13. The van der Waals surface area contributed by atoms with E-state index in [-0.39, 0.29) is 11.5 Å². The third-order valence-corrected chi connectivity index (χ3v) is 4.28. The molecule has 1 aromatic carbocycles. The number of aromatic nitrogens is 1. The Bertz CT molecular complexity index is 756. The highest BCUT2D eigenvalue weighted by molar-refractivity contribution is 6.30. The highest BCUT2D eigenvalue weighted by atomic mass is 35.5. The number of hydrogen-bond donors (Lipinski definition) is 0. The average Bonchev–Trinajstić information content (AvgIpc) is 2.61. The molecule has 8 heteroatoms. The number of benzene rings is 1. The van der Waals surface area contributed by atoms with Crippen LogP contribution in [-0.4, -0.2) is 42.0 Å². The minimum absolute atomic E-state index is 0.157. The van der Waals surface area contributed by atoms with Crippen LogP contribution >= 0.6 is 11.6 Å². The molecular weight excluding hydrogens is 355 g/mol. The largest absolute Gasteiger partial charge is 0.433 e. The van der Waals surface area contributed by atoms with Crippen LogP contribution in [0.3, 0.4) is 0 Å². The maximum absolute atomic E-state index is 12.5. The highest BCUT2D eigenvalue weighted by Gasteiger charge is 2.32. The fraction of sp³-hybridized carbons (Fsp3) is 0.294. The number of carbonyl (C=O) groups excluding carboxylic acids is 1. The topological polar surface area (TPSA) is 36.4 Å². The molecule has 0 radical (unpaired) electrons. The van der Waals surface area contributed by atoms with E-state index in [0.717, 1.165) is 18.0 Å². The third-order valence-electron chi connectivity index (χ3n) is 4.04. The number of anilines is 1. The number of pyridine rings is 1. The van der Waals surface area contributed by atoms with Crippen molar-refractivity contribution in [1.29, 1.82) is 0 Å². The van der Waals surface area contributed by atoms with Gasteiger partial charge in [-0.25, -0.2) is 0 Å². The molecule has 0 unspecified atom stereocenters. The van der Waals surface area contributed by atoms with Gasteiger partial charge in [-0.3, -0.25) is 9.78 Å². The van der Waals surface area contributed by atoms with E-state index in [2.05, 4.69) is 9.88 Å². The van der Waals surface area contributed by atoms with Crippen molar-refractivity contribution in [2.75, 3.05) is 31.1 Å². The van der Waals surface area contributed by atoms with E-state index < -0.39 is 11.9 Å². The van der Waals surface area contributed by atoms with Crippen LogP contribution in [0.15, 0.2) is 42.6 Å². The first-order chi connectivity index (χ1) is 11.8. The standard InChI is InChI=1S/C17H15ClF3N3O/c18-13-2-1-3-14(10-13)23-6-8-24(9-7-23)16(25)12-4-5-15(22-11-12)17(19,20)21/h1-5,10-11H,6-9H2. The summed E-state index contributed by atoms with van der Waals surface area (Å²) in [4.78, 5) is 19.5. The van der Waals surface area contributed by atoms with Gasteiger partial charge in [-0.2, -0.15) is 13.2 Å². The van der Waals surface area contributed by atoms with E-state index in [4.69, 9.17) is 11.6 Å². The zero-order valence-electron chi connectivity index (χ0n) is 13.1. The van der Waals surface area contributed by atoms with Gasteiger partial charge in [0.05, 0.1) is 5.56 Å². The summed E-state index contributed by atoms with van der Waals surface area (Å²) in [5.74, 6) is -0.313. The van der Waals surface area contributed by atoms with Gasteiger partial charge in [0.2, 0.25) is 0 Å². The van der Waals surface area contributed by atoms with E-state index in [0.29, 0.717) is 31.2 Å². The van der Waals surface area contributed by atoms with Crippen molar-refractivity contribution in [2.24, 2.45) is 0 Å². The molecule has 25 heavy (non-hydrogen) atoms.